The number of ether oxygens (including phenoxy) is 1. The van der Waals surface area contributed by atoms with Crippen molar-refractivity contribution in [2.75, 3.05) is 13.2 Å². The van der Waals surface area contributed by atoms with Gasteiger partial charge in [0.15, 0.2) is 0 Å². The molecule has 2 saturated heterocycles. The standard InChI is InChI=1S/C16H28N2O3/c1-5-10(3)14-16(20)18(13(6-2)15(19)17-14)9-12-7-8-21-11(12)4/h10-14H,5-9H2,1-4H3,(H,17,19). The van der Waals surface area contributed by atoms with Crippen LogP contribution in [0.25, 0.3) is 0 Å². The highest BCUT2D eigenvalue weighted by Gasteiger charge is 2.43. The van der Waals surface area contributed by atoms with Crippen LogP contribution in [0.3, 0.4) is 0 Å². The molecule has 2 aliphatic rings. The lowest BCUT2D eigenvalue weighted by molar-refractivity contribution is -0.152. The van der Waals surface area contributed by atoms with Crippen molar-refractivity contribution in [3.63, 3.8) is 0 Å². The number of carbonyl (C=O) groups is 2. The first-order valence-corrected chi connectivity index (χ1v) is 8.22. The van der Waals surface area contributed by atoms with Gasteiger partial charge in [-0.1, -0.05) is 27.2 Å². The second-order valence-corrected chi connectivity index (χ2v) is 6.41. The number of nitrogens with one attached hydrogen (secondary N) is 1. The van der Waals surface area contributed by atoms with Crippen molar-refractivity contribution in [3.8, 4) is 0 Å². The van der Waals surface area contributed by atoms with Gasteiger partial charge in [-0.25, -0.2) is 0 Å². The average Bonchev–Trinajstić information content (AvgIpc) is 2.87. The molecule has 2 aliphatic heterocycles. The van der Waals surface area contributed by atoms with Gasteiger partial charge in [0.1, 0.15) is 12.1 Å². The van der Waals surface area contributed by atoms with Gasteiger partial charge in [-0.05, 0) is 25.7 Å². The van der Waals surface area contributed by atoms with Crippen LogP contribution < -0.4 is 5.32 Å². The SMILES string of the molecule is CCC(C)C1NC(=O)C(CC)N(CC2CCOC2C)C1=O. The van der Waals surface area contributed by atoms with E-state index in [0.717, 1.165) is 19.4 Å². The predicted octanol–water partition coefficient (Wildman–Crippen LogP) is 1.56. The molecule has 0 aromatic carbocycles. The number of piperazine rings is 1. The quantitative estimate of drug-likeness (QED) is 0.837. The van der Waals surface area contributed by atoms with Gasteiger partial charge in [-0.3, -0.25) is 9.59 Å². The second-order valence-electron chi connectivity index (χ2n) is 6.41. The van der Waals surface area contributed by atoms with Crippen LogP contribution in [0.1, 0.15) is 47.0 Å². The van der Waals surface area contributed by atoms with Crippen molar-refractivity contribution in [1.29, 1.82) is 0 Å². The van der Waals surface area contributed by atoms with Crippen molar-refractivity contribution >= 4 is 11.8 Å². The third-order valence-electron chi connectivity index (χ3n) is 5.09. The van der Waals surface area contributed by atoms with Crippen molar-refractivity contribution in [3.05, 3.63) is 0 Å². The van der Waals surface area contributed by atoms with E-state index >= 15 is 0 Å². The van der Waals surface area contributed by atoms with Crippen LogP contribution in [0.5, 0.6) is 0 Å². The lowest BCUT2D eigenvalue weighted by atomic mass is 9.92. The number of nitrogens with zero attached hydrogens (tertiary/aromatic N) is 1. The molecule has 0 aromatic heterocycles. The van der Waals surface area contributed by atoms with E-state index in [-0.39, 0.29) is 35.9 Å². The molecular formula is C16H28N2O3. The molecule has 0 spiro atoms. The lowest BCUT2D eigenvalue weighted by Gasteiger charge is -2.41. The summed E-state index contributed by atoms with van der Waals surface area (Å²) in [6.45, 7) is 9.48. The summed E-state index contributed by atoms with van der Waals surface area (Å²) in [4.78, 5) is 26.9. The maximum atomic E-state index is 12.8. The van der Waals surface area contributed by atoms with Crippen LogP contribution in [0.15, 0.2) is 0 Å². The Bertz CT molecular complexity index is 399. The van der Waals surface area contributed by atoms with Crippen LogP contribution in [0, 0.1) is 11.8 Å². The molecule has 5 atom stereocenters. The van der Waals surface area contributed by atoms with Gasteiger partial charge in [0, 0.05) is 19.1 Å². The van der Waals surface area contributed by atoms with Gasteiger partial charge in [0.05, 0.1) is 6.10 Å². The predicted molar refractivity (Wildman–Crippen MR) is 80.7 cm³/mol. The lowest BCUT2D eigenvalue weighted by Crippen LogP contribution is -2.65. The molecule has 5 unspecified atom stereocenters. The highest BCUT2D eigenvalue weighted by Crippen LogP contribution is 2.26. The molecule has 2 heterocycles. The zero-order valence-corrected chi connectivity index (χ0v) is 13.6. The van der Waals surface area contributed by atoms with E-state index in [2.05, 4.69) is 12.2 Å². The molecule has 0 aromatic rings. The van der Waals surface area contributed by atoms with Gasteiger partial charge >= 0.3 is 0 Å². The van der Waals surface area contributed by atoms with Crippen molar-refractivity contribution < 1.29 is 14.3 Å². The zero-order chi connectivity index (χ0) is 15.6. The molecule has 5 heteroatoms. The summed E-state index contributed by atoms with van der Waals surface area (Å²) < 4.78 is 5.59. The molecule has 0 saturated carbocycles. The minimum Gasteiger partial charge on any atom is -0.378 e. The molecule has 2 fully saturated rings. The van der Waals surface area contributed by atoms with Gasteiger partial charge < -0.3 is 15.0 Å². The van der Waals surface area contributed by atoms with Crippen molar-refractivity contribution in [1.82, 2.24) is 10.2 Å². The Morgan fingerprint density at radius 3 is 2.62 bits per heavy atom. The topological polar surface area (TPSA) is 58.6 Å². The summed E-state index contributed by atoms with van der Waals surface area (Å²) in [6.07, 6.45) is 2.68. The monoisotopic (exact) mass is 296 g/mol. The molecule has 2 rings (SSSR count). The Morgan fingerprint density at radius 1 is 1.38 bits per heavy atom. The molecule has 2 amide bonds. The first-order chi connectivity index (χ1) is 9.99. The molecule has 0 aliphatic carbocycles. The Labute approximate surface area is 127 Å². The zero-order valence-electron chi connectivity index (χ0n) is 13.6. The molecule has 1 N–H and O–H groups in total. The molecule has 120 valence electrons. The summed E-state index contributed by atoms with van der Waals surface area (Å²) >= 11 is 0. The number of carbonyl (C=O) groups excluding carboxylic acids is 2. The maximum absolute atomic E-state index is 12.8. The molecule has 21 heavy (non-hydrogen) atoms. The van der Waals surface area contributed by atoms with Crippen molar-refractivity contribution in [2.24, 2.45) is 11.8 Å². The van der Waals surface area contributed by atoms with Gasteiger partial charge in [-0.15, -0.1) is 0 Å². The van der Waals surface area contributed by atoms with Crippen LogP contribution in [-0.4, -0.2) is 48.1 Å². The van der Waals surface area contributed by atoms with E-state index in [0.29, 0.717) is 18.9 Å². The molecule has 0 radical (unpaired) electrons. The molecular weight excluding hydrogens is 268 g/mol. The fourth-order valence-electron chi connectivity index (χ4n) is 3.30. The minimum atomic E-state index is -0.372. The number of hydrogen-bond donors (Lipinski definition) is 1. The van der Waals surface area contributed by atoms with E-state index in [1.807, 2.05) is 25.7 Å². The summed E-state index contributed by atoms with van der Waals surface area (Å²) in [5, 5.41) is 2.92. The highest BCUT2D eigenvalue weighted by atomic mass is 16.5. The maximum Gasteiger partial charge on any atom is 0.246 e. The van der Waals surface area contributed by atoms with Crippen LogP contribution in [0.2, 0.25) is 0 Å². The fourth-order valence-corrected chi connectivity index (χ4v) is 3.30. The Hall–Kier alpha value is -1.10. The average molecular weight is 296 g/mol. The normalized spacial score (nSPS) is 35.0. The minimum absolute atomic E-state index is 0.00558. The van der Waals surface area contributed by atoms with E-state index in [4.69, 9.17) is 4.74 Å². The first-order valence-electron chi connectivity index (χ1n) is 8.22. The number of rotatable bonds is 5. The fraction of sp³-hybridized carbons (Fsp3) is 0.875. The summed E-state index contributed by atoms with van der Waals surface area (Å²) in [5.74, 6) is 0.578. The van der Waals surface area contributed by atoms with E-state index in [1.165, 1.54) is 0 Å². The van der Waals surface area contributed by atoms with Crippen LogP contribution in [0.4, 0.5) is 0 Å². The Balaban J connectivity index is 2.16. The Morgan fingerprint density at radius 2 is 2.10 bits per heavy atom. The van der Waals surface area contributed by atoms with E-state index < -0.39 is 0 Å². The van der Waals surface area contributed by atoms with Crippen LogP contribution in [-0.2, 0) is 14.3 Å². The third kappa shape index (κ3) is 3.23. The highest BCUT2D eigenvalue weighted by molar-refractivity contribution is 5.97. The smallest absolute Gasteiger partial charge is 0.246 e. The van der Waals surface area contributed by atoms with Crippen LogP contribution >= 0.6 is 0 Å². The third-order valence-corrected chi connectivity index (χ3v) is 5.09. The van der Waals surface area contributed by atoms with E-state index in [1.54, 1.807) is 0 Å². The molecule has 5 nitrogen and oxygen atoms in total. The summed E-state index contributed by atoms with van der Waals surface area (Å²) in [6, 6.07) is -0.700. The summed E-state index contributed by atoms with van der Waals surface area (Å²) in [7, 11) is 0. The first kappa shape index (κ1) is 16.3. The Kier molecular flexibility index (Phi) is 5.25. The van der Waals surface area contributed by atoms with Gasteiger partial charge in [0.2, 0.25) is 11.8 Å². The second kappa shape index (κ2) is 6.77. The summed E-state index contributed by atoms with van der Waals surface area (Å²) in [5.41, 5.74) is 0. The van der Waals surface area contributed by atoms with E-state index in [9.17, 15) is 9.59 Å². The largest absolute Gasteiger partial charge is 0.378 e. The number of amides is 2. The molecule has 0 bridgehead atoms. The van der Waals surface area contributed by atoms with Gasteiger partial charge in [-0.2, -0.15) is 0 Å². The van der Waals surface area contributed by atoms with Crippen molar-refractivity contribution in [2.45, 2.75) is 65.1 Å². The van der Waals surface area contributed by atoms with Gasteiger partial charge in [0.25, 0.3) is 0 Å². The number of hydrogen-bond acceptors (Lipinski definition) is 3.